The highest BCUT2D eigenvalue weighted by Crippen LogP contribution is 2.54. The van der Waals surface area contributed by atoms with Gasteiger partial charge in [0.2, 0.25) is 0 Å². The van der Waals surface area contributed by atoms with E-state index < -0.39 is 0 Å². The molecule has 0 radical (unpaired) electrons. The van der Waals surface area contributed by atoms with Gasteiger partial charge in [0.15, 0.2) is 0 Å². The van der Waals surface area contributed by atoms with E-state index in [9.17, 15) is 5.11 Å². The molecule has 0 spiro atoms. The standard InChI is InChI=1S/C18H10OS/c19-11-7-8-15-14(9-11)17-12-5-1-3-10-4-2-6-13(16(10)12)18(17)20-15/h1-9,19H. The second kappa shape index (κ2) is 3.41. The van der Waals surface area contributed by atoms with Crippen LogP contribution < -0.4 is 0 Å². The summed E-state index contributed by atoms with van der Waals surface area (Å²) in [5, 5.41) is 13.6. The van der Waals surface area contributed by atoms with Gasteiger partial charge in [0, 0.05) is 26.1 Å². The van der Waals surface area contributed by atoms with Crippen LogP contribution in [0, 0.1) is 0 Å². The van der Waals surface area contributed by atoms with E-state index in [-0.39, 0.29) is 0 Å². The second-order valence-corrected chi connectivity index (χ2v) is 6.25. The van der Waals surface area contributed by atoms with Crippen LogP contribution in [0.2, 0.25) is 0 Å². The zero-order valence-corrected chi connectivity index (χ0v) is 11.4. The minimum atomic E-state index is 0.334. The van der Waals surface area contributed by atoms with Crippen LogP contribution in [0.3, 0.4) is 0 Å². The maximum Gasteiger partial charge on any atom is 0.116 e. The molecule has 3 aromatic carbocycles. The van der Waals surface area contributed by atoms with Crippen LogP contribution in [0.4, 0.5) is 0 Å². The maximum atomic E-state index is 9.80. The molecule has 1 aromatic heterocycles. The Hall–Kier alpha value is -2.32. The molecular weight excluding hydrogens is 264 g/mol. The van der Waals surface area contributed by atoms with Crippen molar-refractivity contribution in [1.29, 1.82) is 0 Å². The molecule has 2 heteroatoms. The zero-order valence-electron chi connectivity index (χ0n) is 10.6. The smallest absolute Gasteiger partial charge is 0.116 e. The molecule has 0 bridgehead atoms. The van der Waals surface area contributed by atoms with Gasteiger partial charge < -0.3 is 5.11 Å². The van der Waals surface area contributed by atoms with Gasteiger partial charge in [-0.1, -0.05) is 36.4 Å². The van der Waals surface area contributed by atoms with Crippen LogP contribution in [-0.2, 0) is 0 Å². The van der Waals surface area contributed by atoms with E-state index >= 15 is 0 Å². The molecule has 0 amide bonds. The van der Waals surface area contributed by atoms with Crippen molar-refractivity contribution in [1.82, 2.24) is 0 Å². The Labute approximate surface area is 119 Å². The van der Waals surface area contributed by atoms with Crippen molar-refractivity contribution in [2.45, 2.75) is 0 Å². The summed E-state index contributed by atoms with van der Waals surface area (Å²) in [6.45, 7) is 0. The van der Waals surface area contributed by atoms with E-state index in [1.54, 1.807) is 6.07 Å². The first-order valence-corrected chi connectivity index (χ1v) is 7.42. The van der Waals surface area contributed by atoms with Gasteiger partial charge in [-0.3, -0.25) is 0 Å². The Balaban J connectivity index is 2.05. The lowest BCUT2D eigenvalue weighted by Gasteiger charge is -2.02. The third kappa shape index (κ3) is 1.13. The van der Waals surface area contributed by atoms with Crippen LogP contribution in [0.5, 0.6) is 5.75 Å². The summed E-state index contributed by atoms with van der Waals surface area (Å²) in [5.74, 6) is 0.334. The molecule has 1 heterocycles. The van der Waals surface area contributed by atoms with Gasteiger partial charge in [0.25, 0.3) is 0 Å². The third-order valence-electron chi connectivity index (χ3n) is 4.09. The summed E-state index contributed by atoms with van der Waals surface area (Å²) in [7, 11) is 0. The molecular formula is C18H10OS. The van der Waals surface area contributed by atoms with E-state index in [0.717, 1.165) is 5.39 Å². The van der Waals surface area contributed by atoms with Crippen LogP contribution in [0.15, 0.2) is 54.6 Å². The zero-order chi connectivity index (χ0) is 13.3. The SMILES string of the molecule is Oc1ccc2sc3c(c2c1)-c1cccc2cccc-3c12. The molecule has 0 unspecified atom stereocenters. The quantitative estimate of drug-likeness (QED) is 0.400. The first kappa shape index (κ1) is 10.5. The molecule has 20 heavy (non-hydrogen) atoms. The summed E-state index contributed by atoms with van der Waals surface area (Å²) in [5.41, 5.74) is 3.91. The van der Waals surface area contributed by atoms with E-state index in [2.05, 4.69) is 36.4 Å². The van der Waals surface area contributed by atoms with Crippen molar-refractivity contribution < 1.29 is 5.11 Å². The highest BCUT2D eigenvalue weighted by atomic mass is 32.1. The first-order chi connectivity index (χ1) is 9.83. The predicted octanol–water partition coefficient (Wildman–Crippen LogP) is 5.41. The van der Waals surface area contributed by atoms with Crippen molar-refractivity contribution >= 4 is 32.2 Å². The Kier molecular flexibility index (Phi) is 1.78. The van der Waals surface area contributed by atoms with Crippen LogP contribution >= 0.6 is 11.3 Å². The van der Waals surface area contributed by atoms with Gasteiger partial charge in [0.1, 0.15) is 5.75 Å². The van der Waals surface area contributed by atoms with E-state index in [1.807, 2.05) is 23.5 Å². The van der Waals surface area contributed by atoms with Gasteiger partial charge in [-0.05, 0) is 34.5 Å². The number of fused-ring (bicyclic) bond motifs is 5. The molecule has 0 saturated carbocycles. The van der Waals surface area contributed by atoms with Gasteiger partial charge in [-0.25, -0.2) is 0 Å². The molecule has 5 rings (SSSR count). The molecule has 1 aliphatic rings. The topological polar surface area (TPSA) is 20.2 Å². The number of thiophene rings is 1. The van der Waals surface area contributed by atoms with Gasteiger partial charge in [0.05, 0.1) is 0 Å². The van der Waals surface area contributed by atoms with Gasteiger partial charge >= 0.3 is 0 Å². The van der Waals surface area contributed by atoms with Crippen molar-refractivity contribution in [2.24, 2.45) is 0 Å². The molecule has 0 fully saturated rings. The average molecular weight is 274 g/mol. The largest absolute Gasteiger partial charge is 0.508 e. The van der Waals surface area contributed by atoms with Gasteiger partial charge in [-0.15, -0.1) is 11.3 Å². The number of phenols is 1. The number of benzene rings is 3. The summed E-state index contributed by atoms with van der Waals surface area (Å²) >= 11 is 1.81. The Morgan fingerprint density at radius 3 is 2.50 bits per heavy atom. The number of hydrogen-bond acceptors (Lipinski definition) is 2. The molecule has 1 N–H and O–H groups in total. The van der Waals surface area contributed by atoms with Crippen molar-refractivity contribution in [3.8, 4) is 27.3 Å². The van der Waals surface area contributed by atoms with Crippen LogP contribution in [0.1, 0.15) is 0 Å². The molecule has 0 atom stereocenters. The van der Waals surface area contributed by atoms with E-state index in [1.165, 1.54) is 37.0 Å². The summed E-state index contributed by atoms with van der Waals surface area (Å²) < 4.78 is 1.24. The van der Waals surface area contributed by atoms with Gasteiger partial charge in [-0.2, -0.15) is 0 Å². The fraction of sp³-hybridized carbons (Fsp3) is 0. The second-order valence-electron chi connectivity index (χ2n) is 5.20. The third-order valence-corrected chi connectivity index (χ3v) is 5.29. The number of rotatable bonds is 0. The monoisotopic (exact) mass is 274 g/mol. The molecule has 1 nitrogen and oxygen atoms in total. The first-order valence-electron chi connectivity index (χ1n) is 6.61. The molecule has 0 saturated heterocycles. The average Bonchev–Trinajstić information content (AvgIpc) is 2.98. The summed E-state index contributed by atoms with van der Waals surface area (Å²) in [6, 6.07) is 18.6. The number of aromatic hydroxyl groups is 1. The van der Waals surface area contributed by atoms with E-state index in [0.29, 0.717) is 5.75 Å². The van der Waals surface area contributed by atoms with Crippen molar-refractivity contribution in [3.05, 3.63) is 54.6 Å². The van der Waals surface area contributed by atoms with Crippen LogP contribution in [0.25, 0.3) is 42.4 Å². The molecule has 94 valence electrons. The fourth-order valence-corrected chi connectivity index (χ4v) is 4.51. The maximum absolute atomic E-state index is 9.80. The summed E-state index contributed by atoms with van der Waals surface area (Å²) in [6.07, 6.45) is 0. The predicted molar refractivity (Wildman–Crippen MR) is 85.4 cm³/mol. The number of hydrogen-bond donors (Lipinski definition) is 1. The normalized spacial score (nSPS) is 12.2. The lowest BCUT2D eigenvalue weighted by Crippen LogP contribution is -1.75. The minimum absolute atomic E-state index is 0.334. The Bertz CT molecular complexity index is 1010. The summed E-state index contributed by atoms with van der Waals surface area (Å²) in [4.78, 5) is 1.33. The van der Waals surface area contributed by atoms with Crippen molar-refractivity contribution in [2.75, 3.05) is 0 Å². The Morgan fingerprint density at radius 2 is 1.65 bits per heavy atom. The lowest BCUT2D eigenvalue weighted by molar-refractivity contribution is 0.476. The number of phenolic OH excluding ortho intramolecular Hbond substituents is 1. The van der Waals surface area contributed by atoms with Crippen LogP contribution in [-0.4, -0.2) is 5.11 Å². The highest BCUT2D eigenvalue weighted by Gasteiger charge is 2.25. The minimum Gasteiger partial charge on any atom is -0.508 e. The molecule has 4 aromatic rings. The highest BCUT2D eigenvalue weighted by molar-refractivity contribution is 7.23. The molecule has 1 aliphatic carbocycles. The fourth-order valence-electron chi connectivity index (χ4n) is 3.28. The van der Waals surface area contributed by atoms with E-state index in [4.69, 9.17) is 0 Å². The molecule has 0 aliphatic heterocycles. The lowest BCUT2D eigenvalue weighted by atomic mass is 10.0. The Morgan fingerprint density at radius 1 is 0.850 bits per heavy atom. The van der Waals surface area contributed by atoms with Crippen molar-refractivity contribution in [3.63, 3.8) is 0 Å².